The maximum absolute atomic E-state index is 12.9. The van der Waals surface area contributed by atoms with E-state index in [9.17, 15) is 9.59 Å². The van der Waals surface area contributed by atoms with Crippen LogP contribution in [0.4, 0.5) is 0 Å². The monoisotopic (exact) mass is 304 g/mol. The molecule has 4 heteroatoms. The van der Waals surface area contributed by atoms with Crippen molar-refractivity contribution in [3.8, 4) is 0 Å². The molecule has 2 bridgehead atoms. The number of allylic oxidation sites excluding steroid dienone is 2. The van der Waals surface area contributed by atoms with E-state index in [0.29, 0.717) is 12.2 Å². The zero-order valence-corrected chi connectivity index (χ0v) is 13.7. The van der Waals surface area contributed by atoms with E-state index >= 15 is 0 Å². The summed E-state index contributed by atoms with van der Waals surface area (Å²) in [7, 11) is 1.40. The molecule has 0 radical (unpaired) electrons. The number of esters is 1. The van der Waals surface area contributed by atoms with E-state index in [1.807, 2.05) is 19.1 Å². The Morgan fingerprint density at radius 2 is 2.09 bits per heavy atom. The molecule has 1 fully saturated rings. The highest BCUT2D eigenvalue weighted by Gasteiger charge is 2.63. The van der Waals surface area contributed by atoms with Gasteiger partial charge in [-0.2, -0.15) is 0 Å². The number of ketones is 1. The first-order valence-electron chi connectivity index (χ1n) is 8.03. The maximum Gasteiger partial charge on any atom is 0.333 e. The van der Waals surface area contributed by atoms with Gasteiger partial charge in [-0.15, -0.1) is 0 Å². The van der Waals surface area contributed by atoms with Crippen molar-refractivity contribution in [3.05, 3.63) is 23.8 Å². The molecule has 120 valence electrons. The molecule has 0 saturated heterocycles. The molecule has 22 heavy (non-hydrogen) atoms. The van der Waals surface area contributed by atoms with Crippen LogP contribution in [-0.4, -0.2) is 31.6 Å². The lowest BCUT2D eigenvalue weighted by molar-refractivity contribution is -0.156. The summed E-state index contributed by atoms with van der Waals surface area (Å²) in [6.07, 6.45) is 7.00. The molecule has 0 N–H and O–H groups in total. The molecule has 0 aromatic heterocycles. The number of rotatable bonds is 3. The molecule has 4 nitrogen and oxygen atoms in total. The minimum Gasteiger partial charge on any atom is -0.466 e. The summed E-state index contributed by atoms with van der Waals surface area (Å²) in [4.78, 5) is 25.0. The van der Waals surface area contributed by atoms with Crippen molar-refractivity contribution in [1.82, 2.24) is 0 Å². The van der Waals surface area contributed by atoms with Gasteiger partial charge in [0.25, 0.3) is 0 Å². The number of carbonyl (C=O) groups is 2. The molecule has 0 amide bonds. The SMILES string of the molecule is CCO[C@@H]1C[C@@H]2CC3C(C)(C)C=CC(=O)[C@]31C=C2C(=O)OC. The molecular formula is C18H24O4. The van der Waals surface area contributed by atoms with Gasteiger partial charge in [0, 0.05) is 12.2 Å². The summed E-state index contributed by atoms with van der Waals surface area (Å²) in [6, 6.07) is 0. The van der Waals surface area contributed by atoms with Crippen molar-refractivity contribution in [3.63, 3.8) is 0 Å². The van der Waals surface area contributed by atoms with E-state index in [-0.39, 0.29) is 35.1 Å². The average Bonchev–Trinajstić information content (AvgIpc) is 2.51. The molecule has 0 aromatic carbocycles. The quantitative estimate of drug-likeness (QED) is 0.752. The van der Waals surface area contributed by atoms with Crippen molar-refractivity contribution < 1.29 is 19.1 Å². The molecule has 4 aliphatic rings. The van der Waals surface area contributed by atoms with Crippen LogP contribution >= 0.6 is 0 Å². The van der Waals surface area contributed by atoms with Gasteiger partial charge in [-0.05, 0) is 43.1 Å². The molecule has 0 heterocycles. The predicted octanol–water partition coefficient (Wildman–Crippen LogP) is 2.68. The molecule has 4 atom stereocenters. The fourth-order valence-electron chi connectivity index (χ4n) is 4.70. The number of fused-ring (bicyclic) bond motifs is 1. The van der Waals surface area contributed by atoms with E-state index in [1.165, 1.54) is 7.11 Å². The average molecular weight is 304 g/mol. The molecule has 4 rings (SSSR count). The summed E-state index contributed by atoms with van der Waals surface area (Å²) in [5.74, 6) is 0.0448. The largest absolute Gasteiger partial charge is 0.466 e. The Balaban J connectivity index is 2.16. The first kappa shape index (κ1) is 15.5. The fraction of sp³-hybridized carbons (Fsp3) is 0.667. The van der Waals surface area contributed by atoms with E-state index < -0.39 is 5.41 Å². The van der Waals surface area contributed by atoms with Crippen molar-refractivity contribution in [2.45, 2.75) is 39.7 Å². The minimum absolute atomic E-state index is 0.0647. The molecule has 1 spiro atoms. The zero-order chi connectivity index (χ0) is 16.1. The van der Waals surface area contributed by atoms with Gasteiger partial charge in [0.1, 0.15) is 0 Å². The number of ether oxygens (including phenoxy) is 2. The number of hydrogen-bond acceptors (Lipinski definition) is 4. The summed E-state index contributed by atoms with van der Waals surface area (Å²) < 4.78 is 10.9. The molecule has 0 aliphatic heterocycles. The summed E-state index contributed by atoms with van der Waals surface area (Å²) >= 11 is 0. The molecule has 1 saturated carbocycles. The highest BCUT2D eigenvalue weighted by atomic mass is 16.5. The Morgan fingerprint density at radius 1 is 1.36 bits per heavy atom. The van der Waals surface area contributed by atoms with Crippen LogP contribution in [0.15, 0.2) is 23.8 Å². The Labute approximate surface area is 131 Å². The van der Waals surface area contributed by atoms with E-state index in [2.05, 4.69) is 13.8 Å². The third kappa shape index (κ3) is 1.93. The van der Waals surface area contributed by atoms with Gasteiger partial charge in [-0.3, -0.25) is 4.79 Å². The van der Waals surface area contributed by atoms with E-state index in [4.69, 9.17) is 9.47 Å². The standard InChI is InChI=1S/C18H24O4/c1-5-22-15-9-11-8-13-17(2,3)7-6-14(19)18(13,15)10-12(11)16(20)21-4/h6-7,10-11,13,15H,5,8-9H2,1-4H3/t11-,13?,15+,18-/m0/s1. The lowest BCUT2D eigenvalue weighted by atomic mass is 9.46. The van der Waals surface area contributed by atoms with Crippen LogP contribution in [-0.2, 0) is 19.1 Å². The van der Waals surface area contributed by atoms with Crippen LogP contribution in [0.5, 0.6) is 0 Å². The van der Waals surface area contributed by atoms with Crippen LogP contribution in [0.2, 0.25) is 0 Å². The first-order valence-corrected chi connectivity index (χ1v) is 8.03. The van der Waals surface area contributed by atoms with E-state index in [1.54, 1.807) is 6.08 Å². The topological polar surface area (TPSA) is 52.6 Å². The molecular weight excluding hydrogens is 280 g/mol. The molecule has 4 aliphatic carbocycles. The lowest BCUT2D eigenvalue weighted by Crippen LogP contribution is -2.61. The lowest BCUT2D eigenvalue weighted by Gasteiger charge is -2.58. The summed E-state index contributed by atoms with van der Waals surface area (Å²) in [5, 5.41) is 0. The van der Waals surface area contributed by atoms with Crippen LogP contribution in [0.25, 0.3) is 0 Å². The highest BCUT2D eigenvalue weighted by molar-refractivity contribution is 6.01. The van der Waals surface area contributed by atoms with Crippen molar-refractivity contribution in [1.29, 1.82) is 0 Å². The molecule has 0 aromatic rings. The van der Waals surface area contributed by atoms with Crippen LogP contribution in [0, 0.1) is 22.7 Å². The van der Waals surface area contributed by atoms with Crippen molar-refractivity contribution in [2.75, 3.05) is 13.7 Å². The van der Waals surface area contributed by atoms with Crippen molar-refractivity contribution in [2.24, 2.45) is 22.7 Å². The van der Waals surface area contributed by atoms with Gasteiger partial charge in [0.2, 0.25) is 0 Å². The second kappa shape index (κ2) is 5.05. The minimum atomic E-state index is -0.716. The third-order valence-corrected chi connectivity index (χ3v) is 5.74. The number of methoxy groups -OCH3 is 1. The third-order valence-electron chi connectivity index (χ3n) is 5.74. The van der Waals surface area contributed by atoms with Crippen LogP contribution < -0.4 is 0 Å². The van der Waals surface area contributed by atoms with Gasteiger partial charge in [0.15, 0.2) is 5.78 Å². The Bertz CT molecular complexity index is 572. The summed E-state index contributed by atoms with van der Waals surface area (Å²) in [6.45, 7) is 6.85. The van der Waals surface area contributed by atoms with Gasteiger partial charge in [-0.1, -0.05) is 26.0 Å². The van der Waals surface area contributed by atoms with Gasteiger partial charge < -0.3 is 9.47 Å². The van der Waals surface area contributed by atoms with Gasteiger partial charge in [0.05, 0.1) is 18.6 Å². The highest BCUT2D eigenvalue weighted by Crippen LogP contribution is 2.61. The van der Waals surface area contributed by atoms with Crippen molar-refractivity contribution >= 4 is 11.8 Å². The van der Waals surface area contributed by atoms with E-state index in [0.717, 1.165) is 12.8 Å². The van der Waals surface area contributed by atoms with Gasteiger partial charge >= 0.3 is 5.97 Å². The van der Waals surface area contributed by atoms with Crippen LogP contribution in [0.3, 0.4) is 0 Å². The Kier molecular flexibility index (Phi) is 3.55. The fourth-order valence-corrected chi connectivity index (χ4v) is 4.70. The predicted molar refractivity (Wildman–Crippen MR) is 82.1 cm³/mol. The van der Waals surface area contributed by atoms with Crippen LogP contribution in [0.1, 0.15) is 33.6 Å². The number of hydrogen-bond donors (Lipinski definition) is 0. The normalized spacial score (nSPS) is 38.5. The molecule has 1 unspecified atom stereocenters. The zero-order valence-electron chi connectivity index (χ0n) is 13.7. The first-order chi connectivity index (χ1) is 10.4. The number of carbonyl (C=O) groups excluding carboxylic acids is 2. The second-order valence-corrected chi connectivity index (χ2v) is 7.21. The van der Waals surface area contributed by atoms with Gasteiger partial charge in [-0.25, -0.2) is 4.79 Å². The Hall–Kier alpha value is -1.42. The maximum atomic E-state index is 12.9. The smallest absolute Gasteiger partial charge is 0.333 e. The Morgan fingerprint density at radius 3 is 2.73 bits per heavy atom. The second-order valence-electron chi connectivity index (χ2n) is 7.21. The summed E-state index contributed by atoms with van der Waals surface area (Å²) in [5.41, 5.74) is -0.138.